The van der Waals surface area contributed by atoms with Crippen LogP contribution in [0.5, 0.6) is 0 Å². The van der Waals surface area contributed by atoms with Crippen LogP contribution in [0.4, 0.5) is 15.3 Å². The minimum atomic E-state index is -3.72. The third kappa shape index (κ3) is 5.25. The van der Waals surface area contributed by atoms with E-state index in [0.29, 0.717) is 28.6 Å². The lowest BCUT2D eigenvalue weighted by molar-refractivity contribution is -0.00492. The van der Waals surface area contributed by atoms with Gasteiger partial charge in [0.25, 0.3) is 10.0 Å². The Labute approximate surface area is 206 Å². The summed E-state index contributed by atoms with van der Waals surface area (Å²) in [6, 6.07) is 12.1. The first-order valence-corrected chi connectivity index (χ1v) is 13.2. The largest absolute Gasteiger partial charge is 0.369 e. The third-order valence-corrected chi connectivity index (χ3v) is 8.19. The van der Waals surface area contributed by atoms with Crippen LogP contribution in [0.1, 0.15) is 22.2 Å². The Morgan fingerprint density at radius 3 is 2.86 bits per heavy atom. The Hall–Kier alpha value is -3.19. The average Bonchev–Trinajstić information content (AvgIpc) is 3.50. The molecule has 0 spiro atoms. The van der Waals surface area contributed by atoms with Gasteiger partial charge in [-0.05, 0) is 23.8 Å². The van der Waals surface area contributed by atoms with E-state index in [0.717, 1.165) is 4.88 Å². The third-order valence-electron chi connectivity index (χ3n) is 5.53. The Kier molecular flexibility index (Phi) is 6.60. The molecule has 4 heterocycles. The van der Waals surface area contributed by atoms with E-state index in [1.165, 1.54) is 34.2 Å². The summed E-state index contributed by atoms with van der Waals surface area (Å²) in [5.41, 5.74) is 1.22. The lowest BCUT2D eigenvalue weighted by Gasteiger charge is -2.31. The molecule has 1 saturated heterocycles. The normalized spacial score (nSPS) is 16.9. The van der Waals surface area contributed by atoms with E-state index in [2.05, 4.69) is 20.3 Å². The molecule has 3 aromatic heterocycles. The zero-order valence-corrected chi connectivity index (χ0v) is 20.5. The number of hydrogen-bond acceptors (Lipinski definition) is 8. The van der Waals surface area contributed by atoms with Crippen molar-refractivity contribution in [2.24, 2.45) is 7.05 Å². The van der Waals surface area contributed by atoms with Crippen molar-refractivity contribution < 1.29 is 17.5 Å². The van der Waals surface area contributed by atoms with Crippen molar-refractivity contribution >= 4 is 32.3 Å². The summed E-state index contributed by atoms with van der Waals surface area (Å²) in [7, 11) is -2.00. The SMILES string of the molecule is Cn1cnc(S(=O)(=O)N2CCO[C@H](c3cccc(Nc4ncc(Cc5ccccc5F)s4)n3)C2)c1. The summed E-state index contributed by atoms with van der Waals surface area (Å²) in [4.78, 5) is 13.9. The Balaban J connectivity index is 1.28. The van der Waals surface area contributed by atoms with E-state index >= 15 is 0 Å². The van der Waals surface area contributed by atoms with Crippen molar-refractivity contribution in [3.63, 3.8) is 0 Å². The molecule has 0 radical (unpaired) electrons. The number of nitrogens with one attached hydrogen (secondary N) is 1. The monoisotopic (exact) mass is 514 g/mol. The van der Waals surface area contributed by atoms with Gasteiger partial charge in [0.05, 0.1) is 18.6 Å². The van der Waals surface area contributed by atoms with Crippen LogP contribution in [0.15, 0.2) is 66.2 Å². The quantitative estimate of drug-likeness (QED) is 0.403. The first-order chi connectivity index (χ1) is 16.9. The van der Waals surface area contributed by atoms with Crippen LogP contribution in [-0.4, -0.2) is 51.9 Å². The second kappa shape index (κ2) is 9.82. The van der Waals surface area contributed by atoms with Crippen LogP contribution in [0.2, 0.25) is 0 Å². The van der Waals surface area contributed by atoms with Gasteiger partial charge in [-0.1, -0.05) is 24.3 Å². The number of benzene rings is 1. The molecule has 0 unspecified atom stereocenters. The maximum Gasteiger partial charge on any atom is 0.262 e. The van der Waals surface area contributed by atoms with Crippen LogP contribution in [0.25, 0.3) is 0 Å². The number of aryl methyl sites for hydroxylation is 1. The molecule has 35 heavy (non-hydrogen) atoms. The van der Waals surface area contributed by atoms with Crippen molar-refractivity contribution in [1.82, 2.24) is 23.8 Å². The van der Waals surface area contributed by atoms with Crippen LogP contribution in [-0.2, 0) is 28.2 Å². The molecule has 9 nitrogen and oxygen atoms in total. The van der Waals surface area contributed by atoms with E-state index < -0.39 is 16.1 Å². The summed E-state index contributed by atoms with van der Waals surface area (Å²) in [6.45, 7) is 0.638. The molecule has 0 saturated carbocycles. The lowest BCUT2D eigenvalue weighted by atomic mass is 10.1. The first-order valence-electron chi connectivity index (χ1n) is 10.9. The zero-order valence-electron chi connectivity index (χ0n) is 18.8. The minimum absolute atomic E-state index is 0.0129. The van der Waals surface area contributed by atoms with Gasteiger partial charge in [-0.15, -0.1) is 11.3 Å². The maximum atomic E-state index is 14.0. The van der Waals surface area contributed by atoms with Crippen LogP contribution >= 0.6 is 11.3 Å². The number of morpholine rings is 1. The highest BCUT2D eigenvalue weighted by molar-refractivity contribution is 7.89. The fourth-order valence-corrected chi connectivity index (χ4v) is 6.00. The topological polar surface area (TPSA) is 102 Å². The molecule has 0 amide bonds. The van der Waals surface area contributed by atoms with E-state index in [9.17, 15) is 12.8 Å². The molecule has 5 rings (SSSR count). The smallest absolute Gasteiger partial charge is 0.262 e. The number of pyridine rings is 1. The van der Waals surface area contributed by atoms with Crippen LogP contribution < -0.4 is 5.32 Å². The van der Waals surface area contributed by atoms with Gasteiger partial charge < -0.3 is 14.6 Å². The van der Waals surface area contributed by atoms with Crippen molar-refractivity contribution in [1.29, 1.82) is 0 Å². The van der Waals surface area contributed by atoms with Gasteiger partial charge >= 0.3 is 0 Å². The highest BCUT2D eigenvalue weighted by Crippen LogP contribution is 2.28. The average molecular weight is 515 g/mol. The molecule has 1 N–H and O–H groups in total. The summed E-state index contributed by atoms with van der Waals surface area (Å²) in [5.74, 6) is 0.318. The van der Waals surface area contributed by atoms with E-state index in [4.69, 9.17) is 4.74 Å². The van der Waals surface area contributed by atoms with Crippen molar-refractivity contribution in [2.75, 3.05) is 25.0 Å². The van der Waals surface area contributed by atoms with Gasteiger partial charge in [0, 0.05) is 43.8 Å². The second-order valence-electron chi connectivity index (χ2n) is 8.07. The molecular formula is C23H23FN6O3S2. The van der Waals surface area contributed by atoms with Gasteiger partial charge in [0.2, 0.25) is 0 Å². The van der Waals surface area contributed by atoms with Crippen molar-refractivity contribution in [3.8, 4) is 0 Å². The molecule has 1 fully saturated rings. The Bertz CT molecular complexity index is 1440. The van der Waals surface area contributed by atoms with E-state index in [1.807, 2.05) is 12.1 Å². The summed E-state index contributed by atoms with van der Waals surface area (Å²) in [6.07, 6.45) is 4.60. The number of nitrogens with zero attached hydrogens (tertiary/aromatic N) is 5. The number of aromatic nitrogens is 4. The molecule has 1 aromatic carbocycles. The number of thiazole rings is 1. The molecule has 1 aliphatic heterocycles. The molecular weight excluding hydrogens is 491 g/mol. The second-order valence-corrected chi connectivity index (χ2v) is 11.1. The number of rotatable bonds is 7. The molecule has 12 heteroatoms. The van der Waals surface area contributed by atoms with E-state index in [1.54, 1.807) is 42.1 Å². The van der Waals surface area contributed by atoms with Gasteiger partial charge in [0.15, 0.2) is 10.2 Å². The highest BCUT2D eigenvalue weighted by atomic mass is 32.2. The van der Waals surface area contributed by atoms with Crippen molar-refractivity contribution in [3.05, 3.63) is 83.1 Å². The van der Waals surface area contributed by atoms with E-state index in [-0.39, 0.29) is 30.5 Å². The molecule has 0 bridgehead atoms. The fourth-order valence-electron chi connectivity index (χ4n) is 3.76. The predicted molar refractivity (Wildman–Crippen MR) is 129 cm³/mol. The minimum Gasteiger partial charge on any atom is -0.369 e. The Morgan fingerprint density at radius 2 is 2.06 bits per heavy atom. The standard InChI is InChI=1S/C23H23FN6O3S2/c1-29-14-22(26-15-29)35(31,32)30-9-10-33-20(13-30)19-7-4-8-21(27-19)28-23-25-12-17(34-23)11-16-5-2-3-6-18(16)24/h2-8,12,14-15,20H,9-11,13H2,1H3,(H,25,27,28)/t20-/m0/s1. The van der Waals surface area contributed by atoms with Gasteiger partial charge in [-0.25, -0.2) is 27.8 Å². The van der Waals surface area contributed by atoms with Crippen molar-refractivity contribution in [2.45, 2.75) is 17.6 Å². The molecule has 182 valence electrons. The lowest BCUT2D eigenvalue weighted by Crippen LogP contribution is -2.42. The number of ether oxygens (including phenoxy) is 1. The maximum absolute atomic E-state index is 14.0. The Morgan fingerprint density at radius 1 is 1.20 bits per heavy atom. The first kappa shape index (κ1) is 23.5. The molecule has 0 aliphatic carbocycles. The molecule has 1 atom stereocenters. The molecule has 4 aromatic rings. The summed E-state index contributed by atoms with van der Waals surface area (Å²) >= 11 is 1.42. The predicted octanol–water partition coefficient (Wildman–Crippen LogP) is 3.51. The highest BCUT2D eigenvalue weighted by Gasteiger charge is 2.33. The number of imidazole rings is 1. The number of halogens is 1. The number of anilines is 2. The van der Waals surface area contributed by atoms with Crippen LogP contribution in [0, 0.1) is 5.82 Å². The summed E-state index contributed by atoms with van der Waals surface area (Å²) in [5, 5.41) is 3.82. The fraction of sp³-hybridized carbons (Fsp3) is 0.261. The number of hydrogen-bond donors (Lipinski definition) is 1. The number of sulfonamides is 1. The van der Waals surface area contributed by atoms with Crippen LogP contribution in [0.3, 0.4) is 0 Å². The molecule has 1 aliphatic rings. The van der Waals surface area contributed by atoms with Gasteiger partial charge in [0.1, 0.15) is 17.7 Å². The summed E-state index contributed by atoms with van der Waals surface area (Å²) < 4.78 is 48.7. The van der Waals surface area contributed by atoms with Gasteiger partial charge in [-0.2, -0.15) is 4.31 Å². The van der Waals surface area contributed by atoms with Gasteiger partial charge in [-0.3, -0.25) is 0 Å². The zero-order chi connectivity index (χ0) is 24.4.